The molecule has 2 aromatic carbocycles. The topological polar surface area (TPSA) is 62.9 Å². The number of benzene rings is 2. The molecule has 1 aliphatic rings. The Hall–Kier alpha value is -2.86. The van der Waals surface area contributed by atoms with Gasteiger partial charge in [0.25, 0.3) is 10.0 Å². The fraction of sp³-hybridized carbons (Fsp3) is 0.150. The number of furan rings is 1. The second-order valence-corrected chi connectivity index (χ2v) is 7.99. The third-order valence-corrected chi connectivity index (χ3v) is 6.21. The molecule has 1 aromatic heterocycles. The summed E-state index contributed by atoms with van der Waals surface area (Å²) in [6.45, 7) is 1.98. The van der Waals surface area contributed by atoms with Crippen molar-refractivity contribution in [3.8, 4) is 0 Å². The molecule has 0 aliphatic carbocycles. The Morgan fingerprint density at radius 1 is 1.00 bits per heavy atom. The molecule has 0 saturated heterocycles. The number of nitrogens with zero attached hydrogens (tertiary/aromatic N) is 2. The molecule has 0 spiro atoms. The van der Waals surface area contributed by atoms with E-state index in [0.717, 1.165) is 11.1 Å². The molecule has 0 fully saturated rings. The first-order valence-electron chi connectivity index (χ1n) is 8.34. The summed E-state index contributed by atoms with van der Waals surface area (Å²) in [4.78, 5) is 0.225. The number of aryl methyl sites for hydroxylation is 1. The van der Waals surface area contributed by atoms with Crippen molar-refractivity contribution in [3.05, 3.63) is 89.9 Å². The molecule has 0 amide bonds. The van der Waals surface area contributed by atoms with E-state index >= 15 is 0 Å². The average Bonchev–Trinajstić information content (AvgIpc) is 3.33. The molecule has 0 N–H and O–H groups in total. The lowest BCUT2D eigenvalue weighted by Gasteiger charge is -2.24. The van der Waals surface area contributed by atoms with Crippen molar-refractivity contribution in [1.82, 2.24) is 4.41 Å². The smallest absolute Gasteiger partial charge is 0.279 e. The molecule has 0 radical (unpaired) electrons. The molecule has 0 bridgehead atoms. The van der Waals surface area contributed by atoms with E-state index in [-0.39, 0.29) is 4.90 Å². The maximum absolute atomic E-state index is 13.2. The molecule has 2 heterocycles. The van der Waals surface area contributed by atoms with Crippen LogP contribution in [0.1, 0.15) is 29.3 Å². The minimum atomic E-state index is -3.77. The Balaban J connectivity index is 1.83. The Morgan fingerprint density at radius 2 is 1.73 bits per heavy atom. The summed E-state index contributed by atoms with van der Waals surface area (Å²) in [6.07, 6.45) is 2.03. The van der Waals surface area contributed by atoms with Gasteiger partial charge in [-0.05, 0) is 42.3 Å². The Kier molecular flexibility index (Phi) is 4.12. The van der Waals surface area contributed by atoms with Crippen LogP contribution < -0.4 is 0 Å². The molecule has 0 saturated carbocycles. The molecule has 132 valence electrons. The van der Waals surface area contributed by atoms with Crippen molar-refractivity contribution in [3.63, 3.8) is 0 Å². The van der Waals surface area contributed by atoms with E-state index in [2.05, 4.69) is 5.10 Å². The van der Waals surface area contributed by atoms with Crippen molar-refractivity contribution >= 4 is 15.7 Å². The molecule has 1 unspecified atom stereocenters. The third-order valence-electron chi connectivity index (χ3n) is 4.51. The fourth-order valence-corrected chi connectivity index (χ4v) is 4.64. The molecule has 5 nitrogen and oxygen atoms in total. The molecule has 6 heteroatoms. The highest BCUT2D eigenvalue weighted by molar-refractivity contribution is 7.89. The van der Waals surface area contributed by atoms with Gasteiger partial charge in [0.2, 0.25) is 0 Å². The van der Waals surface area contributed by atoms with E-state index in [1.165, 1.54) is 4.41 Å². The van der Waals surface area contributed by atoms with Gasteiger partial charge in [-0.1, -0.05) is 42.5 Å². The second-order valence-electron chi connectivity index (χ2n) is 6.19. The minimum Gasteiger partial charge on any atom is -0.463 e. The molecular formula is C20H18N2O3S. The minimum absolute atomic E-state index is 0.225. The van der Waals surface area contributed by atoms with Crippen LogP contribution in [0.25, 0.3) is 0 Å². The number of rotatable bonds is 4. The van der Waals surface area contributed by atoms with E-state index in [9.17, 15) is 8.42 Å². The zero-order chi connectivity index (χ0) is 18.1. The summed E-state index contributed by atoms with van der Waals surface area (Å²) in [7, 11) is -3.77. The standard InChI is InChI=1S/C20H18N2O3S/c1-15-8-5-6-11-17(15)19-14-18(20-12-7-13-25-20)21-22(19)26(23,24)16-9-3-2-4-10-16/h2-13,19H,14H2,1H3. The van der Waals surface area contributed by atoms with Gasteiger partial charge in [0.1, 0.15) is 11.5 Å². The summed E-state index contributed by atoms with van der Waals surface area (Å²) in [6, 6.07) is 19.4. The molecule has 3 aromatic rings. The molecule has 26 heavy (non-hydrogen) atoms. The lowest BCUT2D eigenvalue weighted by molar-refractivity contribution is 0.370. The molecule has 1 atom stereocenters. The predicted molar refractivity (Wildman–Crippen MR) is 99.2 cm³/mol. The molecule has 1 aliphatic heterocycles. The van der Waals surface area contributed by atoms with Gasteiger partial charge in [0.05, 0.1) is 17.2 Å². The Labute approximate surface area is 152 Å². The van der Waals surface area contributed by atoms with E-state index in [1.807, 2.05) is 31.2 Å². The van der Waals surface area contributed by atoms with Gasteiger partial charge in [-0.2, -0.15) is 17.9 Å². The largest absolute Gasteiger partial charge is 0.463 e. The lowest BCUT2D eigenvalue weighted by Crippen LogP contribution is -2.27. The lowest BCUT2D eigenvalue weighted by atomic mass is 9.98. The summed E-state index contributed by atoms with van der Waals surface area (Å²) < 4.78 is 33.1. The summed E-state index contributed by atoms with van der Waals surface area (Å²) >= 11 is 0. The van der Waals surface area contributed by atoms with Crippen LogP contribution in [0.2, 0.25) is 0 Å². The normalized spacial score (nSPS) is 17.3. The van der Waals surface area contributed by atoms with Crippen LogP contribution in [0.15, 0.2) is 87.4 Å². The quantitative estimate of drug-likeness (QED) is 0.697. The fourth-order valence-electron chi connectivity index (χ4n) is 3.19. The number of hydrogen-bond donors (Lipinski definition) is 0. The first-order chi connectivity index (χ1) is 12.6. The maximum Gasteiger partial charge on any atom is 0.279 e. The van der Waals surface area contributed by atoms with Gasteiger partial charge in [0.15, 0.2) is 0 Å². The van der Waals surface area contributed by atoms with Crippen LogP contribution in [0.5, 0.6) is 0 Å². The van der Waals surface area contributed by atoms with Crippen molar-refractivity contribution in [2.45, 2.75) is 24.3 Å². The monoisotopic (exact) mass is 366 g/mol. The van der Waals surface area contributed by atoms with Crippen LogP contribution in [-0.4, -0.2) is 18.5 Å². The molecular weight excluding hydrogens is 348 g/mol. The number of sulfonamides is 1. The van der Waals surface area contributed by atoms with Crippen LogP contribution >= 0.6 is 0 Å². The van der Waals surface area contributed by atoms with Crippen molar-refractivity contribution in [2.75, 3.05) is 0 Å². The van der Waals surface area contributed by atoms with Crippen LogP contribution in [0, 0.1) is 6.92 Å². The predicted octanol–water partition coefficient (Wildman–Crippen LogP) is 4.13. The Morgan fingerprint density at radius 3 is 2.42 bits per heavy atom. The van der Waals surface area contributed by atoms with Gasteiger partial charge in [-0.15, -0.1) is 0 Å². The van der Waals surface area contributed by atoms with Gasteiger partial charge in [-0.25, -0.2) is 0 Å². The first kappa shape index (κ1) is 16.6. The SMILES string of the molecule is Cc1ccccc1C1CC(c2ccco2)=NN1S(=O)(=O)c1ccccc1. The molecule has 4 rings (SSSR count). The van der Waals surface area contributed by atoms with E-state index in [4.69, 9.17) is 4.42 Å². The van der Waals surface area contributed by atoms with Gasteiger partial charge < -0.3 is 4.42 Å². The van der Waals surface area contributed by atoms with Crippen LogP contribution in [0.4, 0.5) is 0 Å². The van der Waals surface area contributed by atoms with Crippen molar-refractivity contribution in [1.29, 1.82) is 0 Å². The average molecular weight is 366 g/mol. The van der Waals surface area contributed by atoms with Gasteiger partial charge >= 0.3 is 0 Å². The summed E-state index contributed by atoms with van der Waals surface area (Å²) in [5.41, 5.74) is 2.60. The van der Waals surface area contributed by atoms with Crippen LogP contribution in [0.3, 0.4) is 0 Å². The first-order valence-corrected chi connectivity index (χ1v) is 9.78. The van der Waals surface area contributed by atoms with Gasteiger partial charge in [-0.3, -0.25) is 0 Å². The van der Waals surface area contributed by atoms with E-state index in [0.29, 0.717) is 17.9 Å². The highest BCUT2D eigenvalue weighted by atomic mass is 32.2. The van der Waals surface area contributed by atoms with E-state index < -0.39 is 16.1 Å². The summed E-state index contributed by atoms with van der Waals surface area (Å²) in [5, 5.41) is 4.45. The van der Waals surface area contributed by atoms with Crippen molar-refractivity contribution < 1.29 is 12.8 Å². The highest BCUT2D eigenvalue weighted by Gasteiger charge is 2.38. The van der Waals surface area contributed by atoms with Crippen LogP contribution in [-0.2, 0) is 10.0 Å². The van der Waals surface area contributed by atoms with Crippen molar-refractivity contribution in [2.24, 2.45) is 5.10 Å². The maximum atomic E-state index is 13.2. The van der Waals surface area contributed by atoms with E-state index in [1.54, 1.807) is 48.7 Å². The van der Waals surface area contributed by atoms with Gasteiger partial charge in [0, 0.05) is 6.42 Å². The Bertz CT molecular complexity index is 1040. The second kappa shape index (κ2) is 6.46. The number of hydrogen-bond acceptors (Lipinski definition) is 4. The zero-order valence-electron chi connectivity index (χ0n) is 14.2. The highest BCUT2D eigenvalue weighted by Crippen LogP contribution is 2.38. The summed E-state index contributed by atoms with van der Waals surface area (Å²) in [5.74, 6) is 0.592. The zero-order valence-corrected chi connectivity index (χ0v) is 15.1. The number of hydrazone groups is 1. The third kappa shape index (κ3) is 2.82.